The smallest absolute Gasteiger partial charge is 0.0702 e. The SMILES string of the molecule is CC(C)(Cc1cnc2ccccc2c1)N1CCNCC1. The monoisotopic (exact) mass is 269 g/mol. The van der Waals surface area contributed by atoms with Gasteiger partial charge in [0.05, 0.1) is 5.52 Å². The zero-order chi connectivity index (χ0) is 14.0. The van der Waals surface area contributed by atoms with Crippen molar-refractivity contribution in [2.45, 2.75) is 25.8 Å². The Hall–Kier alpha value is -1.45. The Morgan fingerprint density at radius 1 is 1.20 bits per heavy atom. The summed E-state index contributed by atoms with van der Waals surface area (Å²) in [5.41, 5.74) is 2.59. The third-order valence-electron chi connectivity index (χ3n) is 4.26. The quantitative estimate of drug-likeness (QED) is 0.928. The molecule has 0 saturated carbocycles. The number of nitrogens with zero attached hydrogens (tertiary/aromatic N) is 2. The minimum absolute atomic E-state index is 0.187. The largest absolute Gasteiger partial charge is 0.314 e. The van der Waals surface area contributed by atoms with Crippen molar-refractivity contribution in [3.63, 3.8) is 0 Å². The van der Waals surface area contributed by atoms with Gasteiger partial charge in [-0.15, -0.1) is 0 Å². The third kappa shape index (κ3) is 2.84. The number of nitrogens with one attached hydrogen (secondary N) is 1. The number of piperazine rings is 1. The maximum Gasteiger partial charge on any atom is 0.0702 e. The van der Waals surface area contributed by atoms with Crippen molar-refractivity contribution >= 4 is 10.9 Å². The summed E-state index contributed by atoms with van der Waals surface area (Å²) in [6, 6.07) is 10.6. The van der Waals surface area contributed by atoms with Crippen molar-refractivity contribution in [2.24, 2.45) is 0 Å². The van der Waals surface area contributed by atoms with E-state index < -0.39 is 0 Å². The zero-order valence-corrected chi connectivity index (χ0v) is 12.4. The van der Waals surface area contributed by atoms with E-state index in [1.54, 1.807) is 0 Å². The molecule has 106 valence electrons. The van der Waals surface area contributed by atoms with Crippen molar-refractivity contribution < 1.29 is 0 Å². The van der Waals surface area contributed by atoms with Crippen molar-refractivity contribution in [1.29, 1.82) is 0 Å². The third-order valence-corrected chi connectivity index (χ3v) is 4.26. The van der Waals surface area contributed by atoms with Gasteiger partial charge in [-0.05, 0) is 38.0 Å². The zero-order valence-electron chi connectivity index (χ0n) is 12.4. The van der Waals surface area contributed by atoms with E-state index in [1.807, 2.05) is 12.3 Å². The van der Waals surface area contributed by atoms with Gasteiger partial charge in [-0.2, -0.15) is 0 Å². The molecule has 1 saturated heterocycles. The summed E-state index contributed by atoms with van der Waals surface area (Å²) < 4.78 is 0. The highest BCUT2D eigenvalue weighted by atomic mass is 15.2. The van der Waals surface area contributed by atoms with Crippen LogP contribution in [0.2, 0.25) is 0 Å². The van der Waals surface area contributed by atoms with Gasteiger partial charge in [0.25, 0.3) is 0 Å². The molecule has 1 fully saturated rings. The first-order valence-corrected chi connectivity index (χ1v) is 7.45. The van der Waals surface area contributed by atoms with Crippen LogP contribution in [0.3, 0.4) is 0 Å². The number of aromatic nitrogens is 1. The summed E-state index contributed by atoms with van der Waals surface area (Å²) >= 11 is 0. The average molecular weight is 269 g/mol. The van der Waals surface area contributed by atoms with E-state index >= 15 is 0 Å². The molecule has 0 atom stereocenters. The van der Waals surface area contributed by atoms with Crippen molar-refractivity contribution in [3.8, 4) is 0 Å². The summed E-state index contributed by atoms with van der Waals surface area (Å²) in [7, 11) is 0. The van der Waals surface area contributed by atoms with Gasteiger partial charge >= 0.3 is 0 Å². The van der Waals surface area contributed by atoms with E-state index in [0.717, 1.165) is 38.1 Å². The molecule has 3 heteroatoms. The van der Waals surface area contributed by atoms with E-state index in [1.165, 1.54) is 10.9 Å². The minimum Gasteiger partial charge on any atom is -0.314 e. The Kier molecular flexibility index (Phi) is 3.72. The Morgan fingerprint density at radius 2 is 1.95 bits per heavy atom. The molecule has 1 aromatic carbocycles. The highest BCUT2D eigenvalue weighted by Gasteiger charge is 2.28. The van der Waals surface area contributed by atoms with Crippen LogP contribution in [0.25, 0.3) is 10.9 Å². The molecular weight excluding hydrogens is 246 g/mol. The van der Waals surface area contributed by atoms with Crippen molar-refractivity contribution in [2.75, 3.05) is 26.2 Å². The Labute approximate surface area is 121 Å². The number of pyridine rings is 1. The number of para-hydroxylation sites is 1. The van der Waals surface area contributed by atoms with E-state index in [9.17, 15) is 0 Å². The second kappa shape index (κ2) is 5.51. The maximum atomic E-state index is 4.58. The Morgan fingerprint density at radius 3 is 2.75 bits per heavy atom. The predicted octanol–water partition coefficient (Wildman–Crippen LogP) is 2.46. The molecule has 2 heterocycles. The second-order valence-corrected chi connectivity index (χ2v) is 6.26. The molecule has 20 heavy (non-hydrogen) atoms. The van der Waals surface area contributed by atoms with Crippen LogP contribution in [0.5, 0.6) is 0 Å². The topological polar surface area (TPSA) is 28.2 Å². The summed E-state index contributed by atoms with van der Waals surface area (Å²) in [4.78, 5) is 7.16. The van der Waals surface area contributed by atoms with Crippen molar-refractivity contribution in [3.05, 3.63) is 42.1 Å². The molecule has 1 aliphatic heterocycles. The van der Waals surface area contributed by atoms with Crippen LogP contribution in [0, 0.1) is 0 Å². The summed E-state index contributed by atoms with van der Waals surface area (Å²) in [5, 5.41) is 4.66. The molecule has 0 aliphatic carbocycles. The van der Waals surface area contributed by atoms with Gasteiger partial charge in [-0.1, -0.05) is 18.2 Å². The molecule has 0 amide bonds. The van der Waals surface area contributed by atoms with Crippen LogP contribution < -0.4 is 5.32 Å². The first-order chi connectivity index (χ1) is 9.65. The van der Waals surface area contributed by atoms with E-state index in [-0.39, 0.29) is 5.54 Å². The number of fused-ring (bicyclic) bond motifs is 1. The molecule has 0 unspecified atom stereocenters. The van der Waals surface area contributed by atoms with Gasteiger partial charge in [0, 0.05) is 43.3 Å². The maximum absolute atomic E-state index is 4.58. The highest BCUT2D eigenvalue weighted by molar-refractivity contribution is 5.78. The van der Waals surface area contributed by atoms with Gasteiger partial charge in [0.15, 0.2) is 0 Å². The molecule has 0 radical (unpaired) electrons. The van der Waals surface area contributed by atoms with Crippen LogP contribution in [0.1, 0.15) is 19.4 Å². The van der Waals surface area contributed by atoms with E-state index in [2.05, 4.69) is 53.3 Å². The molecule has 0 bridgehead atoms. The molecule has 0 spiro atoms. The lowest BCUT2D eigenvalue weighted by Gasteiger charge is -2.41. The molecule has 3 nitrogen and oxygen atoms in total. The van der Waals surface area contributed by atoms with E-state index in [4.69, 9.17) is 0 Å². The first-order valence-electron chi connectivity index (χ1n) is 7.45. The molecular formula is C17H23N3. The van der Waals surface area contributed by atoms with Crippen LogP contribution >= 0.6 is 0 Å². The second-order valence-electron chi connectivity index (χ2n) is 6.26. The lowest BCUT2D eigenvalue weighted by atomic mass is 9.92. The fraction of sp³-hybridized carbons (Fsp3) is 0.471. The van der Waals surface area contributed by atoms with Gasteiger partial charge < -0.3 is 5.32 Å². The number of rotatable bonds is 3. The van der Waals surface area contributed by atoms with Crippen LogP contribution in [0.15, 0.2) is 36.5 Å². The Bertz CT molecular complexity index is 586. The Balaban J connectivity index is 1.80. The van der Waals surface area contributed by atoms with Crippen LogP contribution in [-0.2, 0) is 6.42 Å². The molecule has 3 rings (SSSR count). The van der Waals surface area contributed by atoms with Gasteiger partial charge in [-0.25, -0.2) is 0 Å². The number of hydrogen-bond donors (Lipinski definition) is 1. The lowest BCUT2D eigenvalue weighted by Crippen LogP contribution is -2.54. The van der Waals surface area contributed by atoms with Crippen molar-refractivity contribution in [1.82, 2.24) is 15.2 Å². The summed E-state index contributed by atoms with van der Waals surface area (Å²) in [5.74, 6) is 0. The van der Waals surface area contributed by atoms with Gasteiger partial charge in [0.2, 0.25) is 0 Å². The average Bonchev–Trinajstić information content (AvgIpc) is 2.48. The molecule has 1 N–H and O–H groups in total. The minimum atomic E-state index is 0.187. The van der Waals surface area contributed by atoms with Gasteiger partial charge in [-0.3, -0.25) is 9.88 Å². The molecule has 2 aromatic rings. The summed E-state index contributed by atoms with van der Waals surface area (Å²) in [6.07, 6.45) is 3.08. The van der Waals surface area contributed by atoms with Crippen LogP contribution in [0.4, 0.5) is 0 Å². The highest BCUT2D eigenvalue weighted by Crippen LogP contribution is 2.22. The summed E-state index contributed by atoms with van der Waals surface area (Å²) in [6.45, 7) is 9.14. The fourth-order valence-electron chi connectivity index (χ4n) is 3.09. The van der Waals surface area contributed by atoms with Gasteiger partial charge in [0.1, 0.15) is 0 Å². The van der Waals surface area contributed by atoms with Crippen LogP contribution in [-0.4, -0.2) is 41.6 Å². The first kappa shape index (κ1) is 13.5. The lowest BCUT2D eigenvalue weighted by molar-refractivity contribution is 0.103. The normalized spacial score (nSPS) is 17.5. The van der Waals surface area contributed by atoms with E-state index in [0.29, 0.717) is 0 Å². The molecule has 1 aromatic heterocycles. The number of benzene rings is 1. The fourth-order valence-corrected chi connectivity index (χ4v) is 3.09. The predicted molar refractivity (Wildman–Crippen MR) is 84.0 cm³/mol. The molecule has 1 aliphatic rings. The number of hydrogen-bond acceptors (Lipinski definition) is 3. The standard InChI is InChI=1S/C17H23N3/c1-17(2,20-9-7-18-8-10-20)12-14-11-15-5-3-4-6-16(15)19-13-14/h3-6,11,13,18H,7-10,12H2,1-2H3.